The van der Waals surface area contributed by atoms with Crippen molar-refractivity contribution < 1.29 is 50.7 Å². The first-order chi connectivity index (χ1) is 16.8. The van der Waals surface area contributed by atoms with E-state index in [0.29, 0.717) is 0 Å². The average molecular weight is 688 g/mol. The summed E-state index contributed by atoms with van der Waals surface area (Å²) in [7, 11) is 0. The normalized spacial score (nSPS) is 10.0. The Morgan fingerprint density at radius 2 is 0.865 bits per heavy atom. The molecule has 6 aromatic rings. The molecule has 37 heavy (non-hydrogen) atoms. The van der Waals surface area contributed by atoms with Crippen molar-refractivity contribution in [1.29, 1.82) is 0 Å². The molecule has 0 aliphatic rings. The molecule has 6 rings (SSSR count). The van der Waals surface area contributed by atoms with Crippen molar-refractivity contribution in [2.45, 2.75) is 26.7 Å². The number of rotatable bonds is 4. The maximum Gasteiger partial charge on any atom is 4.00 e. The van der Waals surface area contributed by atoms with Gasteiger partial charge in [-0.3, -0.25) is 0 Å². The Kier molecular flexibility index (Phi) is 12.0. The molecule has 0 N–H and O–H groups in total. The monoisotopic (exact) mass is 688 g/mol. The van der Waals surface area contributed by atoms with E-state index in [1.54, 1.807) is 0 Å². The van der Waals surface area contributed by atoms with Gasteiger partial charge >= 0.3 is 25.8 Å². The molecule has 0 aliphatic heterocycles. The van der Waals surface area contributed by atoms with Crippen LogP contribution < -0.4 is 24.8 Å². The minimum atomic E-state index is 0. The van der Waals surface area contributed by atoms with Crippen molar-refractivity contribution in [1.82, 2.24) is 0 Å². The third-order valence-electron chi connectivity index (χ3n) is 6.61. The van der Waals surface area contributed by atoms with Crippen molar-refractivity contribution in [2.24, 2.45) is 0 Å². The largest absolute Gasteiger partial charge is 4.00 e. The minimum Gasteiger partial charge on any atom is -1.00 e. The third kappa shape index (κ3) is 6.90. The van der Waals surface area contributed by atoms with Gasteiger partial charge in [-0.25, -0.2) is 0 Å². The second-order valence-corrected chi connectivity index (χ2v) is 8.78. The van der Waals surface area contributed by atoms with Gasteiger partial charge in [-0.15, -0.1) is 69.1 Å². The molecule has 0 saturated heterocycles. The van der Waals surface area contributed by atoms with Crippen molar-refractivity contribution >= 4 is 21.5 Å². The molecule has 0 radical (unpaired) electrons. The van der Waals surface area contributed by atoms with Crippen LogP contribution in [0.2, 0.25) is 0 Å². The van der Waals surface area contributed by atoms with Crippen LogP contribution in [-0.4, -0.2) is 0 Å². The predicted octanol–water partition coefficient (Wildman–Crippen LogP) is 3.58. The molecule has 0 nitrogen and oxygen atoms in total. The van der Waals surface area contributed by atoms with Crippen LogP contribution in [0.5, 0.6) is 0 Å². The summed E-state index contributed by atoms with van der Waals surface area (Å²) < 4.78 is 0. The zero-order chi connectivity index (χ0) is 23.3. The first-order valence-corrected chi connectivity index (χ1v) is 12.2. The number of benzene rings is 4. The molecule has 3 heteroatoms. The SMILES string of the molecule is CCc1cc2c(-c3ccccc3)cccc2[cH-]1.CCc1cc2c(-c3ccccc3)cccc2[cH-]1.[Cl-].[Cl-].[Hf+4]. The smallest absolute Gasteiger partial charge is 1.00 e. The topological polar surface area (TPSA) is 0 Å². The molecular formula is C34H30Cl2Hf. The molecule has 0 unspecified atom stereocenters. The molecule has 0 spiro atoms. The number of aryl methyl sites for hydroxylation is 2. The molecule has 0 fully saturated rings. The van der Waals surface area contributed by atoms with E-state index in [-0.39, 0.29) is 50.7 Å². The Morgan fingerprint density at radius 3 is 1.22 bits per heavy atom. The predicted molar refractivity (Wildman–Crippen MR) is 149 cm³/mol. The Hall–Kier alpha value is -2.45. The second kappa shape index (κ2) is 14.5. The van der Waals surface area contributed by atoms with Gasteiger partial charge in [-0.2, -0.15) is 12.1 Å². The summed E-state index contributed by atoms with van der Waals surface area (Å²) in [6.07, 6.45) is 2.20. The van der Waals surface area contributed by atoms with E-state index in [4.69, 9.17) is 0 Å². The quantitative estimate of drug-likeness (QED) is 0.197. The van der Waals surface area contributed by atoms with Crippen LogP contribution in [0.4, 0.5) is 0 Å². The van der Waals surface area contributed by atoms with Crippen LogP contribution in [-0.2, 0) is 38.7 Å². The number of hydrogen-bond acceptors (Lipinski definition) is 0. The standard InChI is InChI=1S/2C17H15.2ClH.Hf/c2*1-2-13-11-15-9-6-10-16(17(15)12-13)14-7-4-3-5-8-14;;;/h2*3-12H,2H2,1H3;2*1H;/q2*-1;;;+4/p-2. The van der Waals surface area contributed by atoms with Crippen LogP contribution in [0.15, 0.2) is 121 Å². The van der Waals surface area contributed by atoms with E-state index >= 15 is 0 Å². The molecule has 0 aromatic heterocycles. The van der Waals surface area contributed by atoms with E-state index in [0.717, 1.165) is 12.8 Å². The Bertz CT molecular complexity index is 1390. The number of fused-ring (bicyclic) bond motifs is 2. The molecule has 0 bridgehead atoms. The first kappa shape index (κ1) is 30.8. The van der Waals surface area contributed by atoms with Gasteiger partial charge in [0.15, 0.2) is 0 Å². The minimum absolute atomic E-state index is 0. The molecule has 6 aromatic carbocycles. The van der Waals surface area contributed by atoms with Crippen LogP contribution in [0, 0.1) is 0 Å². The average Bonchev–Trinajstić information content (AvgIpc) is 3.53. The summed E-state index contributed by atoms with van der Waals surface area (Å²) in [6.45, 7) is 4.41. The molecule has 0 aliphatic carbocycles. The van der Waals surface area contributed by atoms with Crippen LogP contribution in [0.25, 0.3) is 43.8 Å². The zero-order valence-corrected chi connectivity index (χ0v) is 26.3. The van der Waals surface area contributed by atoms with Crippen molar-refractivity contribution in [3.05, 3.63) is 132 Å². The van der Waals surface area contributed by atoms with E-state index in [9.17, 15) is 0 Å². The van der Waals surface area contributed by atoms with Crippen LogP contribution >= 0.6 is 0 Å². The molecule has 0 amide bonds. The van der Waals surface area contributed by atoms with E-state index in [2.05, 4.69) is 135 Å². The second-order valence-electron chi connectivity index (χ2n) is 8.78. The molecular weight excluding hydrogens is 658 g/mol. The zero-order valence-electron chi connectivity index (χ0n) is 21.2. The Labute approximate surface area is 252 Å². The van der Waals surface area contributed by atoms with Crippen LogP contribution in [0.1, 0.15) is 25.0 Å². The molecule has 184 valence electrons. The van der Waals surface area contributed by atoms with Gasteiger partial charge in [0.25, 0.3) is 0 Å². The van der Waals surface area contributed by atoms with Crippen LogP contribution in [0.3, 0.4) is 0 Å². The van der Waals surface area contributed by atoms with Crippen molar-refractivity contribution in [3.8, 4) is 22.3 Å². The van der Waals surface area contributed by atoms with E-state index in [1.807, 2.05) is 0 Å². The van der Waals surface area contributed by atoms with Gasteiger partial charge < -0.3 is 24.8 Å². The van der Waals surface area contributed by atoms with Gasteiger partial charge in [0.05, 0.1) is 0 Å². The van der Waals surface area contributed by atoms with Gasteiger partial charge in [0, 0.05) is 0 Å². The van der Waals surface area contributed by atoms with Crippen molar-refractivity contribution in [2.75, 3.05) is 0 Å². The summed E-state index contributed by atoms with van der Waals surface area (Å²) in [6, 6.07) is 43.5. The third-order valence-corrected chi connectivity index (χ3v) is 6.61. The molecule has 0 saturated carbocycles. The van der Waals surface area contributed by atoms with Gasteiger partial charge in [-0.05, 0) is 24.0 Å². The maximum absolute atomic E-state index is 2.32. The fourth-order valence-electron chi connectivity index (χ4n) is 4.74. The van der Waals surface area contributed by atoms with Crippen molar-refractivity contribution in [3.63, 3.8) is 0 Å². The fourth-order valence-corrected chi connectivity index (χ4v) is 4.74. The van der Waals surface area contributed by atoms with Gasteiger partial charge in [0.2, 0.25) is 0 Å². The Balaban J connectivity index is 0.000000241. The van der Waals surface area contributed by atoms with E-state index in [1.165, 1.54) is 54.9 Å². The number of hydrogen-bond donors (Lipinski definition) is 0. The number of halogens is 2. The molecule has 0 heterocycles. The molecule has 0 atom stereocenters. The van der Waals surface area contributed by atoms with E-state index < -0.39 is 0 Å². The summed E-state index contributed by atoms with van der Waals surface area (Å²) in [5.74, 6) is 0. The summed E-state index contributed by atoms with van der Waals surface area (Å²) in [5.41, 5.74) is 8.11. The first-order valence-electron chi connectivity index (χ1n) is 12.2. The Morgan fingerprint density at radius 1 is 0.486 bits per heavy atom. The van der Waals surface area contributed by atoms with Gasteiger partial charge in [0.1, 0.15) is 0 Å². The summed E-state index contributed by atoms with van der Waals surface area (Å²) >= 11 is 0. The fraction of sp³-hybridized carbons (Fsp3) is 0.118. The maximum atomic E-state index is 2.32. The van der Waals surface area contributed by atoms with Gasteiger partial charge in [-0.1, -0.05) is 97.8 Å². The summed E-state index contributed by atoms with van der Waals surface area (Å²) in [4.78, 5) is 0. The summed E-state index contributed by atoms with van der Waals surface area (Å²) in [5, 5.41) is 5.44.